The number of sulfone groups is 1. The van der Waals surface area contributed by atoms with Crippen LogP contribution < -0.4 is 5.73 Å². The molecular formula is C23H24ClF2N3O4S. The standard InChI is InChI=1S/C23H24ClF2N3O4S/c1-34(32,33)14-6-8-28-19(10-14)21(30)29-9-3-2-7-23(29,22(27)31)20(13-4-5-13)15-11-18(26)16(24)12-17(15)25/h6,8,10-13,20H,2-5,7,9H2,1H3,(H2,27,31)/t20-,23?/m1/s1. The van der Waals surface area contributed by atoms with Gasteiger partial charge in [0.1, 0.15) is 22.9 Å². The number of hydrogen-bond donors (Lipinski definition) is 1. The number of piperidine rings is 1. The number of halogens is 3. The molecule has 0 spiro atoms. The Labute approximate surface area is 201 Å². The van der Waals surface area contributed by atoms with Gasteiger partial charge in [0.2, 0.25) is 5.91 Å². The fourth-order valence-corrected chi connectivity index (χ4v) is 5.80. The van der Waals surface area contributed by atoms with E-state index >= 15 is 4.39 Å². The van der Waals surface area contributed by atoms with Crippen LogP contribution in [0.25, 0.3) is 0 Å². The average Bonchev–Trinajstić information content (AvgIpc) is 3.61. The number of pyridine rings is 1. The fourth-order valence-electron chi connectivity index (χ4n) is 5.02. The number of amides is 2. The lowest BCUT2D eigenvalue weighted by Gasteiger charge is -2.49. The molecule has 1 aromatic carbocycles. The molecule has 2 N–H and O–H groups in total. The molecule has 0 bridgehead atoms. The lowest BCUT2D eigenvalue weighted by atomic mass is 9.69. The van der Waals surface area contributed by atoms with Gasteiger partial charge in [0, 0.05) is 24.9 Å². The van der Waals surface area contributed by atoms with Crippen molar-refractivity contribution in [3.8, 4) is 0 Å². The van der Waals surface area contributed by atoms with Crippen LogP contribution in [0.1, 0.15) is 54.1 Å². The maximum absolute atomic E-state index is 15.1. The van der Waals surface area contributed by atoms with Crippen LogP contribution >= 0.6 is 11.6 Å². The summed E-state index contributed by atoms with van der Waals surface area (Å²) < 4.78 is 53.5. The Bertz CT molecular complexity index is 1270. The van der Waals surface area contributed by atoms with Gasteiger partial charge in [-0.15, -0.1) is 0 Å². The molecule has 11 heteroatoms. The smallest absolute Gasteiger partial charge is 0.273 e. The molecule has 34 heavy (non-hydrogen) atoms. The molecular weight excluding hydrogens is 488 g/mol. The molecule has 2 aliphatic rings. The van der Waals surface area contributed by atoms with Crippen LogP contribution in [0.5, 0.6) is 0 Å². The topological polar surface area (TPSA) is 110 Å². The second-order valence-corrected chi connectivity index (χ2v) is 11.4. The molecule has 7 nitrogen and oxygen atoms in total. The van der Waals surface area contributed by atoms with E-state index in [1.807, 2.05) is 0 Å². The number of likely N-dealkylation sites (tertiary alicyclic amines) is 1. The number of carbonyl (C=O) groups excluding carboxylic acids is 2. The van der Waals surface area contributed by atoms with Crippen LogP contribution in [-0.2, 0) is 14.6 Å². The summed E-state index contributed by atoms with van der Waals surface area (Å²) >= 11 is 5.75. The van der Waals surface area contributed by atoms with E-state index in [9.17, 15) is 22.4 Å². The summed E-state index contributed by atoms with van der Waals surface area (Å²) in [5.74, 6) is -4.21. The third kappa shape index (κ3) is 4.29. The van der Waals surface area contributed by atoms with Crippen LogP contribution in [0, 0.1) is 17.6 Å². The van der Waals surface area contributed by atoms with Gasteiger partial charge in [-0.1, -0.05) is 11.6 Å². The zero-order chi connectivity index (χ0) is 24.8. The van der Waals surface area contributed by atoms with Gasteiger partial charge in [-0.25, -0.2) is 17.2 Å². The second-order valence-electron chi connectivity index (χ2n) is 8.95. The molecule has 0 radical (unpaired) electrons. The highest BCUT2D eigenvalue weighted by Gasteiger charge is 2.57. The predicted octanol–water partition coefficient (Wildman–Crippen LogP) is 3.46. The van der Waals surface area contributed by atoms with Crippen LogP contribution in [0.2, 0.25) is 5.02 Å². The molecule has 2 heterocycles. The molecule has 182 valence electrons. The number of carbonyl (C=O) groups is 2. The third-order valence-electron chi connectivity index (χ3n) is 6.70. The normalized spacial score (nSPS) is 21.8. The zero-order valence-electron chi connectivity index (χ0n) is 18.4. The molecule has 1 unspecified atom stereocenters. The molecule has 1 saturated carbocycles. The van der Waals surface area contributed by atoms with Crippen molar-refractivity contribution in [1.29, 1.82) is 0 Å². The summed E-state index contributed by atoms with van der Waals surface area (Å²) in [5, 5.41) is -0.387. The van der Waals surface area contributed by atoms with Crippen molar-refractivity contribution in [3.05, 3.63) is 58.4 Å². The number of aromatic nitrogens is 1. The molecule has 1 aromatic heterocycles. The van der Waals surface area contributed by atoms with E-state index in [4.69, 9.17) is 17.3 Å². The second kappa shape index (κ2) is 8.88. The molecule has 2 amide bonds. The summed E-state index contributed by atoms with van der Waals surface area (Å²) in [4.78, 5) is 32.0. The lowest BCUT2D eigenvalue weighted by molar-refractivity contribution is -0.133. The molecule has 1 aliphatic carbocycles. The third-order valence-corrected chi connectivity index (χ3v) is 8.10. The van der Waals surface area contributed by atoms with E-state index in [-0.39, 0.29) is 40.1 Å². The van der Waals surface area contributed by atoms with Crippen molar-refractivity contribution in [1.82, 2.24) is 9.88 Å². The van der Waals surface area contributed by atoms with E-state index in [0.29, 0.717) is 25.7 Å². The van der Waals surface area contributed by atoms with Crippen LogP contribution in [0.15, 0.2) is 35.4 Å². The van der Waals surface area contributed by atoms with Crippen molar-refractivity contribution in [2.45, 2.75) is 48.5 Å². The van der Waals surface area contributed by atoms with E-state index in [0.717, 1.165) is 24.5 Å². The van der Waals surface area contributed by atoms with Gasteiger partial charge < -0.3 is 10.6 Å². The molecule has 2 aromatic rings. The van der Waals surface area contributed by atoms with Gasteiger partial charge in [-0.3, -0.25) is 14.6 Å². The number of rotatable bonds is 6. The quantitative estimate of drug-likeness (QED) is 0.597. The summed E-state index contributed by atoms with van der Waals surface area (Å²) in [6.07, 6.45) is 4.79. The van der Waals surface area contributed by atoms with Crippen LogP contribution in [-0.4, -0.2) is 48.5 Å². The first-order valence-electron chi connectivity index (χ1n) is 10.9. The minimum atomic E-state index is -3.62. The Hall–Kier alpha value is -2.59. The Kier molecular flexibility index (Phi) is 6.41. The van der Waals surface area contributed by atoms with Crippen molar-refractivity contribution in [3.63, 3.8) is 0 Å². The molecule has 2 fully saturated rings. The highest BCUT2D eigenvalue weighted by Crippen LogP contribution is 2.54. The summed E-state index contributed by atoms with van der Waals surface area (Å²) in [6.45, 7) is 0.132. The number of hydrogen-bond acceptors (Lipinski definition) is 5. The van der Waals surface area contributed by atoms with Crippen molar-refractivity contribution in [2.75, 3.05) is 12.8 Å². The van der Waals surface area contributed by atoms with Gasteiger partial charge >= 0.3 is 0 Å². The summed E-state index contributed by atoms with van der Waals surface area (Å²) in [7, 11) is -3.62. The van der Waals surface area contributed by atoms with Crippen molar-refractivity contribution >= 4 is 33.3 Å². The van der Waals surface area contributed by atoms with E-state index < -0.39 is 44.7 Å². The Morgan fingerprint density at radius 1 is 1.21 bits per heavy atom. The Morgan fingerprint density at radius 3 is 2.53 bits per heavy atom. The SMILES string of the molecule is CS(=O)(=O)c1ccnc(C(=O)N2CCCCC2(C(N)=O)[C@@H](c2cc(F)c(Cl)cc2F)C2CC2)c1. The summed E-state index contributed by atoms with van der Waals surface area (Å²) in [5.41, 5.74) is 4.07. The van der Waals surface area contributed by atoms with E-state index in [1.165, 1.54) is 17.2 Å². The van der Waals surface area contributed by atoms with Crippen molar-refractivity contribution < 1.29 is 26.8 Å². The maximum Gasteiger partial charge on any atom is 0.273 e. The van der Waals surface area contributed by atoms with Gasteiger partial charge in [0.25, 0.3) is 5.91 Å². The molecule has 2 atom stereocenters. The lowest BCUT2D eigenvalue weighted by Crippen LogP contribution is -2.65. The minimum Gasteiger partial charge on any atom is -0.368 e. The number of benzene rings is 1. The number of nitrogens with two attached hydrogens (primary N) is 1. The number of primary amides is 1. The largest absolute Gasteiger partial charge is 0.368 e. The summed E-state index contributed by atoms with van der Waals surface area (Å²) in [6, 6.07) is 4.25. The van der Waals surface area contributed by atoms with Crippen molar-refractivity contribution in [2.24, 2.45) is 11.7 Å². The van der Waals surface area contributed by atoms with Gasteiger partial charge in [-0.2, -0.15) is 0 Å². The minimum absolute atomic E-state index is 0.0549. The monoisotopic (exact) mass is 511 g/mol. The Morgan fingerprint density at radius 2 is 1.91 bits per heavy atom. The maximum atomic E-state index is 15.1. The van der Waals surface area contributed by atoms with Crippen LogP contribution in [0.3, 0.4) is 0 Å². The van der Waals surface area contributed by atoms with Crippen LogP contribution in [0.4, 0.5) is 8.78 Å². The van der Waals surface area contributed by atoms with Gasteiger partial charge in [-0.05, 0) is 67.9 Å². The highest BCUT2D eigenvalue weighted by atomic mass is 35.5. The predicted molar refractivity (Wildman–Crippen MR) is 121 cm³/mol. The Balaban J connectivity index is 1.87. The first kappa shape index (κ1) is 24.5. The molecule has 4 rings (SSSR count). The van der Waals surface area contributed by atoms with Gasteiger partial charge in [0.05, 0.1) is 9.92 Å². The average molecular weight is 512 g/mol. The first-order valence-corrected chi connectivity index (χ1v) is 13.2. The first-order chi connectivity index (χ1) is 16.0. The fraction of sp³-hybridized carbons (Fsp3) is 0.435. The van der Waals surface area contributed by atoms with E-state index in [1.54, 1.807) is 0 Å². The van der Waals surface area contributed by atoms with Gasteiger partial charge in [0.15, 0.2) is 9.84 Å². The molecule has 1 saturated heterocycles. The molecule has 1 aliphatic heterocycles. The zero-order valence-corrected chi connectivity index (χ0v) is 20.0. The highest BCUT2D eigenvalue weighted by molar-refractivity contribution is 7.90. The number of nitrogens with zero attached hydrogens (tertiary/aromatic N) is 2. The van der Waals surface area contributed by atoms with E-state index in [2.05, 4.69) is 4.98 Å².